The van der Waals surface area contributed by atoms with Crippen molar-refractivity contribution >= 4 is 6.09 Å². The largest absolute Gasteiger partial charge is 0.465 e. The number of hydrogen-bond donors (Lipinski definition) is 2. The number of carbonyl (C=O) groups is 1. The van der Waals surface area contributed by atoms with Gasteiger partial charge in [-0.25, -0.2) is 4.79 Å². The molecule has 7 nitrogen and oxygen atoms in total. The van der Waals surface area contributed by atoms with Gasteiger partial charge in [-0.3, -0.25) is 9.78 Å². The lowest BCUT2D eigenvalue weighted by Gasteiger charge is -2.23. The fourth-order valence-electron chi connectivity index (χ4n) is 3.15. The summed E-state index contributed by atoms with van der Waals surface area (Å²) in [5.74, 6) is 0. The predicted octanol–water partition coefficient (Wildman–Crippen LogP) is 1.26. The molecule has 0 atom stereocenters. The van der Waals surface area contributed by atoms with Crippen LogP contribution in [0.25, 0.3) is 11.4 Å². The van der Waals surface area contributed by atoms with Crippen LogP contribution < -0.4 is 0 Å². The predicted molar refractivity (Wildman–Crippen MR) is 70.3 cm³/mol. The number of rotatable bonds is 0. The van der Waals surface area contributed by atoms with Crippen molar-refractivity contribution < 1.29 is 9.90 Å². The topological polar surface area (TPSA) is 87.0 Å². The minimum Gasteiger partial charge on any atom is -0.465 e. The highest BCUT2D eigenvalue weighted by molar-refractivity contribution is 5.69. The van der Waals surface area contributed by atoms with Crippen molar-refractivity contribution in [3.8, 4) is 11.4 Å². The first kappa shape index (κ1) is 11.5. The number of aryl methyl sites for hydroxylation is 2. The van der Waals surface area contributed by atoms with Crippen molar-refractivity contribution in [1.29, 1.82) is 0 Å². The van der Waals surface area contributed by atoms with Crippen LogP contribution in [0, 0.1) is 0 Å². The van der Waals surface area contributed by atoms with Gasteiger partial charge in [-0.15, -0.1) is 0 Å². The van der Waals surface area contributed by atoms with Crippen LogP contribution in [0.1, 0.15) is 23.2 Å². The summed E-state index contributed by atoms with van der Waals surface area (Å²) in [6, 6.07) is 0. The van der Waals surface area contributed by atoms with Crippen molar-refractivity contribution in [2.24, 2.45) is 0 Å². The first-order chi connectivity index (χ1) is 9.74. The van der Waals surface area contributed by atoms with Crippen LogP contribution >= 0.6 is 0 Å². The number of aromatic amines is 1. The smallest absolute Gasteiger partial charge is 0.407 e. The minimum absolute atomic E-state index is 0.409. The van der Waals surface area contributed by atoms with Crippen LogP contribution in [0.15, 0.2) is 6.20 Å². The second kappa shape index (κ2) is 4.09. The molecule has 1 amide bonds. The molecule has 2 aliphatic rings. The van der Waals surface area contributed by atoms with Gasteiger partial charge in [0.1, 0.15) is 5.69 Å². The lowest BCUT2D eigenvalue weighted by molar-refractivity contribution is 0.140. The number of nitrogens with zero attached hydrogens (tertiary/aromatic N) is 4. The Kier molecular flexibility index (Phi) is 2.35. The number of nitrogens with one attached hydrogen (secondary N) is 1. The second-order valence-corrected chi connectivity index (χ2v) is 5.31. The Morgan fingerprint density at radius 3 is 3.10 bits per heavy atom. The van der Waals surface area contributed by atoms with Gasteiger partial charge in [0.2, 0.25) is 0 Å². The van der Waals surface area contributed by atoms with Gasteiger partial charge in [0, 0.05) is 31.3 Å². The summed E-state index contributed by atoms with van der Waals surface area (Å²) in [6.45, 7) is 1.80. The fraction of sp³-hybridized carbons (Fsp3) is 0.462. The van der Waals surface area contributed by atoms with E-state index in [1.165, 1.54) is 10.5 Å². The summed E-state index contributed by atoms with van der Waals surface area (Å²) >= 11 is 0. The number of hydrogen-bond acceptors (Lipinski definition) is 3. The van der Waals surface area contributed by atoms with E-state index in [1.54, 1.807) is 0 Å². The number of amides is 1. The lowest BCUT2D eigenvalue weighted by atomic mass is 10.0. The Morgan fingerprint density at radius 1 is 1.35 bits per heavy atom. The van der Waals surface area contributed by atoms with E-state index in [1.807, 2.05) is 10.9 Å². The normalized spacial score (nSPS) is 17.1. The van der Waals surface area contributed by atoms with E-state index in [9.17, 15) is 9.90 Å². The van der Waals surface area contributed by atoms with Crippen molar-refractivity contribution in [1.82, 2.24) is 24.9 Å². The Hall–Kier alpha value is -2.31. The molecule has 2 aliphatic heterocycles. The third-order valence-corrected chi connectivity index (χ3v) is 4.13. The maximum atomic E-state index is 11.2. The molecule has 0 saturated carbocycles. The average Bonchev–Trinajstić information content (AvgIpc) is 2.98. The molecule has 2 aromatic rings. The summed E-state index contributed by atoms with van der Waals surface area (Å²) in [4.78, 5) is 12.6. The van der Waals surface area contributed by atoms with E-state index in [-0.39, 0.29) is 0 Å². The molecule has 0 aliphatic carbocycles. The van der Waals surface area contributed by atoms with Crippen LogP contribution in [0.5, 0.6) is 0 Å². The highest BCUT2D eigenvalue weighted by Crippen LogP contribution is 2.33. The van der Waals surface area contributed by atoms with E-state index < -0.39 is 6.09 Å². The van der Waals surface area contributed by atoms with Gasteiger partial charge in [0.05, 0.1) is 17.9 Å². The molecule has 0 saturated heterocycles. The Bertz CT molecular complexity index is 687. The third kappa shape index (κ3) is 1.55. The molecule has 0 aromatic carbocycles. The molecule has 7 heteroatoms. The van der Waals surface area contributed by atoms with Gasteiger partial charge in [-0.2, -0.15) is 10.2 Å². The molecule has 104 valence electrons. The highest BCUT2D eigenvalue weighted by atomic mass is 16.4. The first-order valence-electron chi connectivity index (χ1n) is 6.83. The van der Waals surface area contributed by atoms with Gasteiger partial charge in [0.25, 0.3) is 0 Å². The van der Waals surface area contributed by atoms with Crippen molar-refractivity contribution in [3.63, 3.8) is 0 Å². The van der Waals surface area contributed by atoms with Crippen LogP contribution in [-0.2, 0) is 25.9 Å². The Morgan fingerprint density at radius 2 is 2.25 bits per heavy atom. The summed E-state index contributed by atoms with van der Waals surface area (Å²) in [6.07, 6.45) is 3.75. The minimum atomic E-state index is -0.869. The maximum absolute atomic E-state index is 11.2. The van der Waals surface area contributed by atoms with Crippen molar-refractivity contribution in [2.45, 2.75) is 32.4 Å². The summed E-state index contributed by atoms with van der Waals surface area (Å²) in [5, 5.41) is 21.1. The molecule has 4 heterocycles. The molecule has 20 heavy (non-hydrogen) atoms. The SMILES string of the molecule is O=C(O)N1CCc2nn3c(c2C1)-c1n[nH]cc1CCC3. The molecular formula is C13H15N5O2. The third-order valence-electron chi connectivity index (χ3n) is 4.13. The van der Waals surface area contributed by atoms with Crippen LogP contribution in [0.3, 0.4) is 0 Å². The first-order valence-corrected chi connectivity index (χ1v) is 6.83. The number of fused-ring (bicyclic) bond motifs is 5. The zero-order valence-electron chi connectivity index (χ0n) is 11.0. The number of aromatic nitrogens is 4. The number of carboxylic acid groups (broad SMARTS) is 1. The van der Waals surface area contributed by atoms with Gasteiger partial charge < -0.3 is 10.0 Å². The molecule has 2 aromatic heterocycles. The van der Waals surface area contributed by atoms with Crippen LogP contribution in [-0.4, -0.2) is 42.6 Å². The van der Waals surface area contributed by atoms with E-state index >= 15 is 0 Å². The molecule has 0 bridgehead atoms. The molecule has 0 radical (unpaired) electrons. The van der Waals surface area contributed by atoms with E-state index in [0.29, 0.717) is 19.5 Å². The number of H-pyrrole nitrogens is 1. The summed E-state index contributed by atoms with van der Waals surface area (Å²) in [5.41, 5.74) is 5.17. The van der Waals surface area contributed by atoms with Crippen molar-refractivity contribution in [3.05, 3.63) is 23.0 Å². The van der Waals surface area contributed by atoms with E-state index in [4.69, 9.17) is 0 Å². The zero-order valence-corrected chi connectivity index (χ0v) is 11.0. The Labute approximate surface area is 115 Å². The molecule has 0 unspecified atom stereocenters. The van der Waals surface area contributed by atoms with Gasteiger partial charge in [-0.05, 0) is 18.4 Å². The highest BCUT2D eigenvalue weighted by Gasteiger charge is 2.30. The van der Waals surface area contributed by atoms with Crippen LogP contribution in [0.4, 0.5) is 4.79 Å². The molecule has 2 N–H and O–H groups in total. The van der Waals surface area contributed by atoms with Crippen molar-refractivity contribution in [2.75, 3.05) is 6.54 Å². The fourth-order valence-corrected chi connectivity index (χ4v) is 3.15. The van der Waals surface area contributed by atoms with Gasteiger partial charge >= 0.3 is 6.09 Å². The standard InChI is InChI=1S/C13H15N5O2/c19-13(20)17-5-3-10-9(7-17)12-11-8(6-14-15-11)2-1-4-18(12)16-10/h6H,1-5,7H2,(H,14,15)(H,19,20). The molecular weight excluding hydrogens is 258 g/mol. The molecule has 4 rings (SSSR count). The van der Waals surface area contributed by atoms with E-state index in [0.717, 1.165) is 42.0 Å². The molecule has 0 fully saturated rings. The monoisotopic (exact) mass is 273 g/mol. The summed E-state index contributed by atoms with van der Waals surface area (Å²) in [7, 11) is 0. The Balaban J connectivity index is 1.87. The average molecular weight is 273 g/mol. The van der Waals surface area contributed by atoms with Crippen LogP contribution in [0.2, 0.25) is 0 Å². The second-order valence-electron chi connectivity index (χ2n) is 5.31. The summed E-state index contributed by atoms with van der Waals surface area (Å²) < 4.78 is 2.00. The zero-order chi connectivity index (χ0) is 13.7. The quantitative estimate of drug-likeness (QED) is 0.756. The van der Waals surface area contributed by atoms with E-state index in [2.05, 4.69) is 15.3 Å². The van der Waals surface area contributed by atoms with Gasteiger partial charge in [0.15, 0.2) is 0 Å². The molecule has 0 spiro atoms. The maximum Gasteiger partial charge on any atom is 0.407 e. The van der Waals surface area contributed by atoms with Gasteiger partial charge in [-0.1, -0.05) is 0 Å². The lowest BCUT2D eigenvalue weighted by Crippen LogP contribution is -2.34.